The van der Waals surface area contributed by atoms with Crippen molar-refractivity contribution >= 4 is 22.4 Å². The first-order valence-electron chi connectivity index (χ1n) is 9.25. The maximum Gasteiger partial charge on any atom is 0.269 e. The molecule has 1 N–H and O–H groups in total. The predicted octanol–water partition coefficient (Wildman–Crippen LogP) is 3.72. The molecule has 150 valence electrons. The van der Waals surface area contributed by atoms with E-state index in [9.17, 15) is 19.7 Å². The van der Waals surface area contributed by atoms with Crippen LogP contribution in [0.25, 0.3) is 10.8 Å². The van der Waals surface area contributed by atoms with E-state index < -0.39 is 16.5 Å². The maximum absolute atomic E-state index is 13.2. The number of pyridine rings is 1. The molecule has 0 saturated heterocycles. The summed E-state index contributed by atoms with van der Waals surface area (Å²) in [5.41, 5.74) is 0.472. The van der Waals surface area contributed by atoms with Crippen molar-refractivity contribution in [3.8, 4) is 0 Å². The van der Waals surface area contributed by atoms with Gasteiger partial charge < -0.3 is 5.32 Å². The number of aromatic nitrogens is 1. The summed E-state index contributed by atoms with van der Waals surface area (Å²) in [7, 11) is 0. The average molecular weight is 393 g/mol. The van der Waals surface area contributed by atoms with E-state index in [0.29, 0.717) is 10.9 Å². The number of nitrogens with one attached hydrogen (secondary N) is 1. The monoisotopic (exact) mass is 393 g/mol. The highest BCUT2D eigenvalue weighted by Crippen LogP contribution is 2.24. The molecule has 1 atom stereocenters. The number of nitrogens with zero attached hydrogens (tertiary/aromatic N) is 2. The number of non-ortho nitro benzene ring substituents is 1. The van der Waals surface area contributed by atoms with E-state index in [1.807, 2.05) is 39.8 Å². The van der Waals surface area contributed by atoms with Gasteiger partial charge in [0.1, 0.15) is 6.04 Å². The number of hydrogen-bond donors (Lipinski definition) is 1. The topological polar surface area (TPSA) is 94.2 Å². The van der Waals surface area contributed by atoms with Gasteiger partial charge in [-0.15, -0.1) is 0 Å². The minimum atomic E-state index is -0.953. The highest BCUT2D eigenvalue weighted by atomic mass is 16.6. The Bertz CT molecular complexity index is 1140. The number of aryl methyl sites for hydroxylation is 1. The first-order chi connectivity index (χ1) is 13.6. The molecule has 3 rings (SSSR count). The summed E-state index contributed by atoms with van der Waals surface area (Å²) in [5, 5.41) is 15.2. The fourth-order valence-electron chi connectivity index (χ4n) is 3.34. The van der Waals surface area contributed by atoms with E-state index in [1.165, 1.54) is 28.8 Å². The van der Waals surface area contributed by atoms with Crippen LogP contribution in [0.15, 0.2) is 59.5 Å². The van der Waals surface area contributed by atoms with Crippen molar-refractivity contribution in [2.75, 3.05) is 0 Å². The standard InChI is InChI=1S/C22H23N3O4/c1-14-13-24(21(27)18-8-6-5-7-17(14)18)19(20(26)23-22(2,3)4)15-9-11-16(12-10-15)25(28)29/h5-13,19H,1-4H3,(H,23,26). The molecule has 0 radical (unpaired) electrons. The Hall–Kier alpha value is -3.48. The molecule has 0 spiro atoms. The number of benzene rings is 2. The van der Waals surface area contributed by atoms with Crippen LogP contribution in [-0.2, 0) is 4.79 Å². The molecule has 1 heterocycles. The number of hydrogen-bond acceptors (Lipinski definition) is 4. The van der Waals surface area contributed by atoms with Gasteiger partial charge in [-0.05, 0) is 62.4 Å². The molecule has 0 aliphatic carbocycles. The Labute approximate surface area is 168 Å². The molecule has 0 aliphatic heterocycles. The van der Waals surface area contributed by atoms with Gasteiger partial charge in [-0.3, -0.25) is 24.3 Å². The van der Waals surface area contributed by atoms with Crippen LogP contribution in [0, 0.1) is 17.0 Å². The lowest BCUT2D eigenvalue weighted by molar-refractivity contribution is -0.384. The molecule has 1 unspecified atom stereocenters. The average Bonchev–Trinajstić information content (AvgIpc) is 2.65. The van der Waals surface area contributed by atoms with Gasteiger partial charge >= 0.3 is 0 Å². The summed E-state index contributed by atoms with van der Waals surface area (Å²) in [6, 6.07) is 12.0. The normalized spacial score (nSPS) is 12.6. The predicted molar refractivity (Wildman–Crippen MR) is 112 cm³/mol. The van der Waals surface area contributed by atoms with E-state index in [-0.39, 0.29) is 17.2 Å². The number of fused-ring (bicyclic) bond motifs is 1. The molecule has 7 heteroatoms. The molecule has 2 aromatic carbocycles. The van der Waals surface area contributed by atoms with Gasteiger partial charge in [0.05, 0.1) is 4.92 Å². The van der Waals surface area contributed by atoms with Gasteiger partial charge in [0.25, 0.3) is 11.2 Å². The van der Waals surface area contributed by atoms with Crippen LogP contribution in [0.5, 0.6) is 0 Å². The van der Waals surface area contributed by atoms with E-state index in [4.69, 9.17) is 0 Å². The second-order valence-electron chi connectivity index (χ2n) is 8.06. The second-order valence-corrected chi connectivity index (χ2v) is 8.06. The van der Waals surface area contributed by atoms with Crippen molar-refractivity contribution < 1.29 is 9.72 Å². The van der Waals surface area contributed by atoms with Crippen LogP contribution in [0.1, 0.15) is 37.9 Å². The van der Waals surface area contributed by atoms with E-state index in [0.717, 1.165) is 10.9 Å². The summed E-state index contributed by atoms with van der Waals surface area (Å²) in [4.78, 5) is 36.9. The zero-order valence-corrected chi connectivity index (χ0v) is 16.8. The van der Waals surface area contributed by atoms with Gasteiger partial charge in [-0.25, -0.2) is 0 Å². The first kappa shape index (κ1) is 20.3. The van der Waals surface area contributed by atoms with E-state index >= 15 is 0 Å². The van der Waals surface area contributed by atoms with Gasteiger partial charge in [-0.2, -0.15) is 0 Å². The Morgan fingerprint density at radius 2 is 1.66 bits per heavy atom. The zero-order chi connectivity index (χ0) is 21.3. The molecular weight excluding hydrogens is 370 g/mol. The van der Waals surface area contributed by atoms with Crippen LogP contribution in [0.3, 0.4) is 0 Å². The number of nitro benzene ring substituents is 1. The molecule has 1 aromatic heterocycles. The lowest BCUT2D eigenvalue weighted by Gasteiger charge is -2.27. The van der Waals surface area contributed by atoms with Gasteiger partial charge in [-0.1, -0.05) is 18.2 Å². The molecule has 29 heavy (non-hydrogen) atoms. The lowest BCUT2D eigenvalue weighted by atomic mass is 10.0. The van der Waals surface area contributed by atoms with E-state index in [1.54, 1.807) is 18.3 Å². The third-order valence-corrected chi connectivity index (χ3v) is 4.59. The molecule has 0 fully saturated rings. The number of carbonyl (C=O) groups excluding carboxylic acids is 1. The van der Waals surface area contributed by atoms with Crippen molar-refractivity contribution in [1.29, 1.82) is 0 Å². The smallest absolute Gasteiger partial charge is 0.269 e. The quantitative estimate of drug-likeness (QED) is 0.540. The number of carbonyl (C=O) groups is 1. The number of nitro groups is 1. The van der Waals surface area contributed by atoms with Gasteiger partial charge in [0, 0.05) is 29.3 Å². The highest BCUT2D eigenvalue weighted by molar-refractivity contribution is 5.87. The number of rotatable bonds is 4. The van der Waals surface area contributed by atoms with Crippen LogP contribution < -0.4 is 10.9 Å². The summed E-state index contributed by atoms with van der Waals surface area (Å²) >= 11 is 0. The van der Waals surface area contributed by atoms with E-state index in [2.05, 4.69) is 5.32 Å². The third kappa shape index (κ3) is 4.18. The number of amides is 1. The van der Waals surface area contributed by atoms with Crippen LogP contribution >= 0.6 is 0 Å². The molecule has 7 nitrogen and oxygen atoms in total. The zero-order valence-electron chi connectivity index (χ0n) is 16.8. The van der Waals surface area contributed by atoms with Crippen molar-refractivity contribution in [1.82, 2.24) is 9.88 Å². The molecule has 3 aromatic rings. The van der Waals surface area contributed by atoms with Gasteiger partial charge in [0.2, 0.25) is 5.91 Å². The Balaban J connectivity index is 2.22. The van der Waals surface area contributed by atoms with Crippen molar-refractivity contribution in [3.05, 3.63) is 86.3 Å². The SMILES string of the molecule is Cc1cn(C(C(=O)NC(C)(C)C)c2ccc([N+](=O)[O-])cc2)c(=O)c2ccccc12. The molecule has 1 amide bonds. The first-order valence-corrected chi connectivity index (χ1v) is 9.25. The third-order valence-electron chi connectivity index (χ3n) is 4.59. The van der Waals surface area contributed by atoms with Crippen molar-refractivity contribution in [2.24, 2.45) is 0 Å². The largest absolute Gasteiger partial charge is 0.349 e. The molecule has 0 bridgehead atoms. The second kappa shape index (κ2) is 7.50. The van der Waals surface area contributed by atoms with Crippen LogP contribution in [0.4, 0.5) is 5.69 Å². The van der Waals surface area contributed by atoms with Crippen LogP contribution in [0.2, 0.25) is 0 Å². The summed E-state index contributed by atoms with van der Waals surface area (Å²) in [6.07, 6.45) is 1.67. The summed E-state index contributed by atoms with van der Waals surface area (Å²) in [5.74, 6) is -0.358. The van der Waals surface area contributed by atoms with Crippen molar-refractivity contribution in [2.45, 2.75) is 39.3 Å². The maximum atomic E-state index is 13.2. The van der Waals surface area contributed by atoms with Crippen LogP contribution in [-0.4, -0.2) is 20.9 Å². The molecular formula is C22H23N3O4. The molecule has 0 aliphatic rings. The van der Waals surface area contributed by atoms with Gasteiger partial charge in [0.15, 0.2) is 0 Å². The minimum Gasteiger partial charge on any atom is -0.349 e. The summed E-state index contributed by atoms with van der Waals surface area (Å²) < 4.78 is 1.40. The Kier molecular flexibility index (Phi) is 5.24. The fraction of sp³-hybridized carbons (Fsp3) is 0.273. The Morgan fingerprint density at radius 3 is 2.21 bits per heavy atom. The summed E-state index contributed by atoms with van der Waals surface area (Å²) in [6.45, 7) is 7.44. The lowest BCUT2D eigenvalue weighted by Crippen LogP contribution is -2.46. The fourth-order valence-corrected chi connectivity index (χ4v) is 3.34. The van der Waals surface area contributed by atoms with Crippen molar-refractivity contribution in [3.63, 3.8) is 0 Å². The minimum absolute atomic E-state index is 0.0780. The Morgan fingerprint density at radius 1 is 1.07 bits per heavy atom. The molecule has 0 saturated carbocycles. The highest BCUT2D eigenvalue weighted by Gasteiger charge is 2.28.